The maximum atomic E-state index is 11.7. The van der Waals surface area contributed by atoms with Crippen LogP contribution in [-0.2, 0) is 14.4 Å². The topological polar surface area (TPSA) is 107 Å². The van der Waals surface area contributed by atoms with Crippen LogP contribution in [0.1, 0.15) is 19.8 Å². The number of hydrogen-bond acceptors (Lipinski definition) is 5. The molecule has 2 saturated heterocycles. The third-order valence-electron chi connectivity index (χ3n) is 3.74. The van der Waals surface area contributed by atoms with Crippen molar-refractivity contribution >= 4 is 29.5 Å². The molecule has 2 rings (SSSR count). The van der Waals surface area contributed by atoms with Gasteiger partial charge in [0, 0.05) is 20.0 Å². The van der Waals surface area contributed by atoms with Crippen LogP contribution >= 0.6 is 11.8 Å². The highest BCUT2D eigenvalue weighted by Gasteiger charge is 2.61. The monoisotopic (exact) mass is 302 g/mol. The Balaban J connectivity index is 1.97. The van der Waals surface area contributed by atoms with Crippen molar-refractivity contribution in [1.82, 2.24) is 10.2 Å². The number of thioether (sulfide) groups is 1. The number of carbonyl (C=O) groups excluding carboxylic acids is 2. The van der Waals surface area contributed by atoms with E-state index in [1.165, 1.54) is 23.6 Å². The Bertz CT molecular complexity index is 444. The normalized spacial score (nSPS) is 31.7. The molecule has 0 spiro atoms. The van der Waals surface area contributed by atoms with Crippen molar-refractivity contribution in [2.75, 3.05) is 19.7 Å². The third-order valence-corrected chi connectivity index (χ3v) is 5.53. The lowest BCUT2D eigenvalue weighted by Crippen LogP contribution is -2.58. The van der Waals surface area contributed by atoms with Gasteiger partial charge in [-0.25, -0.2) is 0 Å². The molecule has 2 aliphatic rings. The van der Waals surface area contributed by atoms with Crippen LogP contribution < -0.4 is 5.32 Å². The molecule has 2 aliphatic heterocycles. The predicted molar refractivity (Wildman–Crippen MR) is 72.0 cm³/mol. The van der Waals surface area contributed by atoms with E-state index >= 15 is 0 Å². The van der Waals surface area contributed by atoms with Crippen molar-refractivity contribution in [3.63, 3.8) is 0 Å². The molecular weight excluding hydrogens is 284 g/mol. The number of rotatable bonds is 6. The predicted octanol–water partition coefficient (Wildman–Crippen LogP) is -0.750. The minimum atomic E-state index is -1.03. The van der Waals surface area contributed by atoms with Crippen molar-refractivity contribution in [3.8, 4) is 0 Å². The largest absolute Gasteiger partial charge is 0.480 e. The fourth-order valence-corrected chi connectivity index (χ4v) is 4.33. The van der Waals surface area contributed by atoms with Crippen LogP contribution in [-0.4, -0.2) is 62.7 Å². The number of aliphatic hydroxyl groups excluding tert-OH is 1. The zero-order valence-electron chi connectivity index (χ0n) is 11.2. The lowest BCUT2D eigenvalue weighted by atomic mass is 9.95. The number of amides is 2. The van der Waals surface area contributed by atoms with E-state index < -0.39 is 16.6 Å². The van der Waals surface area contributed by atoms with E-state index in [0.29, 0.717) is 19.4 Å². The molecule has 0 radical (unpaired) electrons. The first-order valence-corrected chi connectivity index (χ1v) is 7.36. The van der Waals surface area contributed by atoms with Gasteiger partial charge in [-0.1, -0.05) is 0 Å². The van der Waals surface area contributed by atoms with Gasteiger partial charge in [0.05, 0.1) is 17.9 Å². The van der Waals surface area contributed by atoms with Gasteiger partial charge >= 0.3 is 5.97 Å². The molecule has 2 amide bonds. The summed E-state index contributed by atoms with van der Waals surface area (Å²) in [7, 11) is 0. The lowest BCUT2D eigenvalue weighted by molar-refractivity contribution is -0.152. The van der Waals surface area contributed by atoms with E-state index in [2.05, 4.69) is 5.32 Å². The van der Waals surface area contributed by atoms with Gasteiger partial charge in [-0.15, -0.1) is 11.8 Å². The third kappa shape index (κ3) is 2.49. The van der Waals surface area contributed by atoms with Crippen LogP contribution in [0.25, 0.3) is 0 Å². The first kappa shape index (κ1) is 15.1. The Kier molecular flexibility index (Phi) is 4.24. The van der Waals surface area contributed by atoms with Gasteiger partial charge in [-0.05, 0) is 12.8 Å². The Labute approximate surface area is 120 Å². The number of carboxylic acid groups (broad SMARTS) is 1. The summed E-state index contributed by atoms with van der Waals surface area (Å²) in [6, 6.07) is 0. The quantitative estimate of drug-likeness (QED) is 0.440. The molecule has 0 saturated carbocycles. The number of carboxylic acids is 1. The number of aliphatic carboxylic acids is 1. The molecule has 2 fully saturated rings. The summed E-state index contributed by atoms with van der Waals surface area (Å²) >= 11 is 1.24. The van der Waals surface area contributed by atoms with E-state index in [4.69, 9.17) is 5.11 Å². The second kappa shape index (κ2) is 5.61. The van der Waals surface area contributed by atoms with Crippen LogP contribution in [0.4, 0.5) is 0 Å². The second-order valence-corrected chi connectivity index (χ2v) is 6.65. The first-order valence-electron chi connectivity index (χ1n) is 6.48. The summed E-state index contributed by atoms with van der Waals surface area (Å²) in [6.07, 6.45) is 0.920. The summed E-state index contributed by atoms with van der Waals surface area (Å²) in [5.74, 6) is -1.73. The van der Waals surface area contributed by atoms with Gasteiger partial charge in [0.15, 0.2) is 0 Å². The fraction of sp³-hybridized carbons (Fsp3) is 0.750. The smallest absolute Gasteiger partial charge is 0.321 e. The van der Waals surface area contributed by atoms with Crippen molar-refractivity contribution in [2.24, 2.45) is 5.92 Å². The number of aliphatic hydroxyl groups is 1. The number of nitrogens with one attached hydrogen (secondary N) is 1. The maximum absolute atomic E-state index is 11.7. The van der Waals surface area contributed by atoms with Crippen molar-refractivity contribution in [2.45, 2.75) is 29.9 Å². The Morgan fingerprint density at radius 2 is 2.25 bits per heavy atom. The Morgan fingerprint density at radius 3 is 2.80 bits per heavy atom. The number of fused-ring (bicyclic) bond motifs is 1. The number of hydrogen-bond donors (Lipinski definition) is 3. The van der Waals surface area contributed by atoms with Crippen molar-refractivity contribution in [3.05, 3.63) is 0 Å². The zero-order valence-corrected chi connectivity index (χ0v) is 12.0. The molecule has 0 aromatic heterocycles. The van der Waals surface area contributed by atoms with Crippen molar-refractivity contribution < 1.29 is 24.6 Å². The standard InChI is InChI=1S/C12H18N2O5S/c1-7(16)13-4-2-3-12(11(18)19)6-14-9(17)8(5-15)10(14)20-12/h8,10,15H,2-6H2,1H3,(H,13,16)(H,18,19)/t8?,10-,12?/m1/s1. The number of nitrogens with zero attached hydrogens (tertiary/aromatic N) is 1. The molecule has 0 bridgehead atoms. The summed E-state index contributed by atoms with van der Waals surface area (Å²) in [5.41, 5.74) is 0. The molecule has 3 atom stereocenters. The van der Waals surface area contributed by atoms with Crippen LogP contribution in [0.15, 0.2) is 0 Å². The molecule has 2 heterocycles. The van der Waals surface area contributed by atoms with Crippen molar-refractivity contribution in [1.29, 1.82) is 0 Å². The first-order chi connectivity index (χ1) is 9.41. The minimum Gasteiger partial charge on any atom is -0.480 e. The molecule has 3 N–H and O–H groups in total. The fourth-order valence-electron chi connectivity index (χ4n) is 2.62. The highest BCUT2D eigenvalue weighted by Crippen LogP contribution is 2.51. The lowest BCUT2D eigenvalue weighted by Gasteiger charge is -2.40. The van der Waals surface area contributed by atoms with Gasteiger partial charge in [0.1, 0.15) is 4.75 Å². The van der Waals surface area contributed by atoms with Crippen LogP contribution in [0, 0.1) is 5.92 Å². The summed E-state index contributed by atoms with van der Waals surface area (Å²) in [6.45, 7) is 1.77. The molecule has 8 heteroatoms. The summed E-state index contributed by atoms with van der Waals surface area (Å²) < 4.78 is -1.03. The van der Waals surface area contributed by atoms with Crippen LogP contribution in [0.5, 0.6) is 0 Å². The molecule has 0 aromatic rings. The van der Waals surface area contributed by atoms with E-state index in [9.17, 15) is 19.5 Å². The van der Waals surface area contributed by atoms with E-state index in [1.54, 1.807) is 0 Å². The van der Waals surface area contributed by atoms with E-state index in [-0.39, 0.29) is 30.3 Å². The van der Waals surface area contributed by atoms with E-state index in [0.717, 1.165) is 0 Å². The maximum Gasteiger partial charge on any atom is 0.321 e. The van der Waals surface area contributed by atoms with Crippen LogP contribution in [0.3, 0.4) is 0 Å². The Hall–Kier alpha value is -1.28. The van der Waals surface area contributed by atoms with Gasteiger partial charge < -0.3 is 20.4 Å². The molecule has 20 heavy (non-hydrogen) atoms. The summed E-state index contributed by atoms with van der Waals surface area (Å²) in [4.78, 5) is 35.6. The number of carbonyl (C=O) groups is 3. The molecule has 112 valence electrons. The van der Waals surface area contributed by atoms with Gasteiger partial charge in [-0.3, -0.25) is 14.4 Å². The molecule has 0 aliphatic carbocycles. The van der Waals surface area contributed by atoms with Gasteiger partial charge in [0.2, 0.25) is 11.8 Å². The van der Waals surface area contributed by atoms with Crippen LogP contribution in [0.2, 0.25) is 0 Å². The average molecular weight is 302 g/mol. The number of β-lactam (4-membered cyclic amide) rings is 1. The molecule has 7 nitrogen and oxygen atoms in total. The molecule has 0 aromatic carbocycles. The highest BCUT2D eigenvalue weighted by molar-refractivity contribution is 8.02. The van der Waals surface area contributed by atoms with Gasteiger partial charge in [0.25, 0.3) is 0 Å². The van der Waals surface area contributed by atoms with Gasteiger partial charge in [-0.2, -0.15) is 0 Å². The second-order valence-electron chi connectivity index (χ2n) is 5.15. The average Bonchev–Trinajstić information content (AvgIpc) is 2.72. The Morgan fingerprint density at radius 1 is 1.55 bits per heavy atom. The summed E-state index contributed by atoms with van der Waals surface area (Å²) in [5, 5.41) is 21.0. The highest BCUT2D eigenvalue weighted by atomic mass is 32.2. The molecular formula is C12H18N2O5S. The van der Waals surface area contributed by atoms with E-state index in [1.807, 2.05) is 0 Å². The SMILES string of the molecule is CC(=O)NCCCC1(C(=O)O)CN2C(=O)C(CO)[C@H]2S1. The molecule has 2 unspecified atom stereocenters. The minimum absolute atomic E-state index is 0.146. The zero-order chi connectivity index (χ0) is 14.9.